The molecule has 0 aromatic heterocycles. The number of ether oxygens (including phenoxy) is 1. The van der Waals surface area contributed by atoms with Crippen LogP contribution in [0.1, 0.15) is 42.5 Å². The van der Waals surface area contributed by atoms with Crippen LogP contribution in [0.15, 0.2) is 28.7 Å². The lowest BCUT2D eigenvalue weighted by Gasteiger charge is -2.43. The van der Waals surface area contributed by atoms with Crippen molar-refractivity contribution in [1.29, 1.82) is 0 Å². The van der Waals surface area contributed by atoms with E-state index >= 15 is 0 Å². The first-order chi connectivity index (χ1) is 10.3. The highest BCUT2D eigenvalue weighted by Crippen LogP contribution is 2.28. The van der Waals surface area contributed by atoms with Crippen molar-refractivity contribution < 1.29 is 9.53 Å². The van der Waals surface area contributed by atoms with Gasteiger partial charge in [0.25, 0.3) is 0 Å². The van der Waals surface area contributed by atoms with Crippen LogP contribution in [0.4, 0.5) is 0 Å². The number of benzene rings is 1. The summed E-state index contributed by atoms with van der Waals surface area (Å²) < 4.78 is 6.78. The van der Waals surface area contributed by atoms with Crippen LogP contribution in [0.25, 0.3) is 0 Å². The summed E-state index contributed by atoms with van der Waals surface area (Å²) in [5.41, 5.74) is 0.797. The molecule has 1 aliphatic carbocycles. The minimum atomic E-state index is 0.223. The van der Waals surface area contributed by atoms with Crippen molar-refractivity contribution in [1.82, 2.24) is 4.90 Å². The van der Waals surface area contributed by atoms with E-state index in [0.29, 0.717) is 18.6 Å². The Balaban J connectivity index is 1.59. The number of morpholine rings is 1. The molecule has 3 nitrogen and oxygen atoms in total. The van der Waals surface area contributed by atoms with E-state index in [9.17, 15) is 4.79 Å². The van der Waals surface area contributed by atoms with Crippen LogP contribution in [-0.2, 0) is 4.74 Å². The molecule has 3 rings (SSSR count). The number of Topliss-reactive ketones (excluding diaryl/α,β-unsaturated/α-hetero) is 1. The number of hydrogen-bond donors (Lipinski definition) is 0. The Morgan fingerprint density at radius 3 is 2.95 bits per heavy atom. The van der Waals surface area contributed by atoms with E-state index in [1.54, 1.807) is 0 Å². The van der Waals surface area contributed by atoms with Gasteiger partial charge in [0.15, 0.2) is 5.78 Å². The average molecular weight is 352 g/mol. The normalized spacial score (nSPS) is 26.3. The number of fused-ring (bicyclic) bond motifs is 1. The fraction of sp³-hybridized carbons (Fsp3) is 0.588. The van der Waals surface area contributed by atoms with E-state index in [2.05, 4.69) is 20.8 Å². The number of carbonyl (C=O) groups excluding carboxylic acids is 1. The highest BCUT2D eigenvalue weighted by Gasteiger charge is 2.34. The van der Waals surface area contributed by atoms with Gasteiger partial charge in [0.05, 0.1) is 12.7 Å². The molecule has 21 heavy (non-hydrogen) atoms. The molecule has 0 N–H and O–H groups in total. The number of ketones is 1. The molecule has 1 saturated heterocycles. The zero-order valence-electron chi connectivity index (χ0n) is 12.3. The van der Waals surface area contributed by atoms with E-state index in [1.807, 2.05) is 24.3 Å². The maximum atomic E-state index is 12.4. The molecule has 0 bridgehead atoms. The van der Waals surface area contributed by atoms with Gasteiger partial charge in [-0.15, -0.1) is 0 Å². The minimum Gasteiger partial charge on any atom is -0.375 e. The molecule has 114 valence electrons. The quantitative estimate of drug-likeness (QED) is 0.775. The zero-order chi connectivity index (χ0) is 14.7. The molecule has 4 heteroatoms. The summed E-state index contributed by atoms with van der Waals surface area (Å²) in [5.74, 6) is 0.223. The summed E-state index contributed by atoms with van der Waals surface area (Å²) >= 11 is 3.46. The Labute approximate surface area is 134 Å². The van der Waals surface area contributed by atoms with Crippen molar-refractivity contribution in [3.05, 3.63) is 34.3 Å². The van der Waals surface area contributed by atoms with Crippen molar-refractivity contribution in [3.63, 3.8) is 0 Å². The molecule has 2 aliphatic rings. The van der Waals surface area contributed by atoms with Gasteiger partial charge in [-0.3, -0.25) is 9.69 Å². The second kappa shape index (κ2) is 7.03. The largest absolute Gasteiger partial charge is 0.375 e. The van der Waals surface area contributed by atoms with Gasteiger partial charge in [-0.2, -0.15) is 0 Å². The number of rotatable bonds is 4. The van der Waals surface area contributed by atoms with Gasteiger partial charge >= 0.3 is 0 Å². The molecular weight excluding hydrogens is 330 g/mol. The number of nitrogens with zero attached hydrogens (tertiary/aromatic N) is 1. The van der Waals surface area contributed by atoms with Gasteiger partial charge in [0.1, 0.15) is 0 Å². The summed E-state index contributed by atoms with van der Waals surface area (Å²) in [7, 11) is 0. The van der Waals surface area contributed by atoms with Crippen molar-refractivity contribution in [2.75, 3.05) is 19.7 Å². The summed E-state index contributed by atoms with van der Waals surface area (Å²) in [6, 6.07) is 8.22. The van der Waals surface area contributed by atoms with E-state index < -0.39 is 0 Å². The Morgan fingerprint density at radius 1 is 1.29 bits per heavy atom. The predicted molar refractivity (Wildman–Crippen MR) is 86.7 cm³/mol. The molecule has 1 heterocycles. The molecule has 0 amide bonds. The summed E-state index contributed by atoms with van der Waals surface area (Å²) in [4.78, 5) is 14.9. The van der Waals surface area contributed by atoms with E-state index in [4.69, 9.17) is 4.74 Å². The first-order valence-corrected chi connectivity index (χ1v) is 8.68. The van der Waals surface area contributed by atoms with Crippen LogP contribution in [0.2, 0.25) is 0 Å². The molecule has 1 aromatic rings. The highest BCUT2D eigenvalue weighted by molar-refractivity contribution is 9.10. The second-order valence-electron chi connectivity index (χ2n) is 5.95. The van der Waals surface area contributed by atoms with Crippen LogP contribution in [-0.4, -0.2) is 42.5 Å². The van der Waals surface area contributed by atoms with Crippen molar-refractivity contribution in [3.8, 4) is 0 Å². The molecule has 0 spiro atoms. The number of hydrogen-bond acceptors (Lipinski definition) is 3. The smallest absolute Gasteiger partial charge is 0.165 e. The van der Waals surface area contributed by atoms with Gasteiger partial charge in [0.2, 0.25) is 0 Å². The first kappa shape index (κ1) is 15.2. The first-order valence-electron chi connectivity index (χ1n) is 7.89. The van der Waals surface area contributed by atoms with E-state index in [-0.39, 0.29) is 5.78 Å². The molecule has 1 aliphatic heterocycles. The molecule has 2 fully saturated rings. The monoisotopic (exact) mass is 351 g/mol. The molecule has 2 atom stereocenters. The molecule has 2 unspecified atom stereocenters. The van der Waals surface area contributed by atoms with Crippen LogP contribution in [0, 0.1) is 0 Å². The Bertz CT molecular complexity index is 503. The molecule has 1 saturated carbocycles. The summed E-state index contributed by atoms with van der Waals surface area (Å²) in [6.07, 6.45) is 5.95. The average Bonchev–Trinajstić information content (AvgIpc) is 2.53. The van der Waals surface area contributed by atoms with Crippen LogP contribution >= 0.6 is 15.9 Å². The van der Waals surface area contributed by atoms with Gasteiger partial charge in [-0.05, 0) is 18.9 Å². The lowest BCUT2D eigenvalue weighted by atomic mass is 9.90. The lowest BCUT2D eigenvalue weighted by Crippen LogP contribution is -2.53. The molecule has 0 radical (unpaired) electrons. The second-order valence-corrected chi connectivity index (χ2v) is 6.80. The molecule has 1 aromatic carbocycles. The van der Waals surface area contributed by atoms with Crippen molar-refractivity contribution in [2.24, 2.45) is 0 Å². The van der Waals surface area contributed by atoms with Gasteiger partial charge < -0.3 is 4.74 Å². The fourth-order valence-electron chi connectivity index (χ4n) is 3.52. The predicted octanol–water partition coefficient (Wildman–Crippen LogP) is 3.67. The van der Waals surface area contributed by atoms with Gasteiger partial charge in [0, 0.05) is 35.6 Å². The SMILES string of the molecule is O=C(CCN1CCOC2CCCCC21)c1ccccc1Br. The summed E-state index contributed by atoms with van der Waals surface area (Å²) in [5, 5.41) is 0. The minimum absolute atomic E-state index is 0.223. The third kappa shape index (κ3) is 3.55. The third-order valence-corrected chi connectivity index (χ3v) is 5.34. The number of carbonyl (C=O) groups is 1. The number of halogens is 1. The Kier molecular flexibility index (Phi) is 5.09. The van der Waals surface area contributed by atoms with Crippen LogP contribution in [0.3, 0.4) is 0 Å². The standard InChI is InChI=1S/C17H22BrNO2/c18-14-6-2-1-5-13(14)16(20)9-10-19-11-12-21-17-8-4-3-7-15(17)19/h1-2,5-6,15,17H,3-4,7-12H2. The van der Waals surface area contributed by atoms with Gasteiger partial charge in [-0.1, -0.05) is 47.0 Å². The van der Waals surface area contributed by atoms with Crippen molar-refractivity contribution in [2.45, 2.75) is 44.2 Å². The zero-order valence-corrected chi connectivity index (χ0v) is 13.8. The fourth-order valence-corrected chi connectivity index (χ4v) is 4.03. The van der Waals surface area contributed by atoms with E-state index in [1.165, 1.54) is 25.7 Å². The Hall–Kier alpha value is -0.710. The van der Waals surface area contributed by atoms with Crippen LogP contribution in [0.5, 0.6) is 0 Å². The maximum absolute atomic E-state index is 12.4. The Morgan fingerprint density at radius 2 is 2.10 bits per heavy atom. The maximum Gasteiger partial charge on any atom is 0.165 e. The van der Waals surface area contributed by atoms with E-state index in [0.717, 1.165) is 29.7 Å². The van der Waals surface area contributed by atoms with Crippen molar-refractivity contribution >= 4 is 21.7 Å². The summed E-state index contributed by atoms with van der Waals surface area (Å²) in [6.45, 7) is 2.62. The highest BCUT2D eigenvalue weighted by atomic mass is 79.9. The van der Waals surface area contributed by atoms with Gasteiger partial charge in [-0.25, -0.2) is 0 Å². The van der Waals surface area contributed by atoms with Crippen LogP contribution < -0.4 is 0 Å². The topological polar surface area (TPSA) is 29.5 Å². The lowest BCUT2D eigenvalue weighted by molar-refractivity contribution is -0.0874. The molecular formula is C17H22BrNO2. The third-order valence-electron chi connectivity index (χ3n) is 4.65.